The van der Waals surface area contributed by atoms with Crippen LogP contribution in [0.5, 0.6) is 5.75 Å². The van der Waals surface area contributed by atoms with Gasteiger partial charge in [-0.2, -0.15) is 0 Å². The lowest BCUT2D eigenvalue weighted by Crippen LogP contribution is -2.18. The summed E-state index contributed by atoms with van der Waals surface area (Å²) in [7, 11) is 0. The summed E-state index contributed by atoms with van der Waals surface area (Å²) in [6.45, 7) is 2.19. The monoisotopic (exact) mass is 329 g/mol. The molecule has 1 aromatic carbocycles. The summed E-state index contributed by atoms with van der Waals surface area (Å²) in [5.74, 6) is 2.11. The number of ether oxygens (including phenoxy) is 1. The van der Waals surface area contributed by atoms with Gasteiger partial charge in [0.05, 0.1) is 5.02 Å². The van der Waals surface area contributed by atoms with Crippen LogP contribution < -0.4 is 10.5 Å². The first kappa shape index (κ1) is 13.5. The first-order valence-electron chi connectivity index (χ1n) is 5.48. The molecular weight excluding hydrogens is 318 g/mol. The van der Waals surface area contributed by atoms with E-state index in [1.165, 1.54) is 0 Å². The van der Waals surface area contributed by atoms with Gasteiger partial charge in [-0.05, 0) is 37.3 Å². The van der Waals surface area contributed by atoms with Crippen LogP contribution in [0.25, 0.3) is 0 Å². The standard InChI is InChI=1S/C13H13BrClNO2/c1-8-2-5-11(17-8)13(7-16)18-12-6-9(14)3-4-10(12)15/h2-6,13H,7,16H2,1H3. The average molecular weight is 331 g/mol. The highest BCUT2D eigenvalue weighted by atomic mass is 79.9. The fraction of sp³-hybridized carbons (Fsp3) is 0.231. The van der Waals surface area contributed by atoms with Crippen LogP contribution in [0.1, 0.15) is 17.6 Å². The lowest BCUT2D eigenvalue weighted by Gasteiger charge is -2.16. The van der Waals surface area contributed by atoms with Crippen LogP contribution in [0.3, 0.4) is 0 Å². The van der Waals surface area contributed by atoms with E-state index in [-0.39, 0.29) is 6.10 Å². The van der Waals surface area contributed by atoms with Gasteiger partial charge in [-0.3, -0.25) is 0 Å². The Balaban J connectivity index is 2.22. The van der Waals surface area contributed by atoms with Gasteiger partial charge < -0.3 is 14.9 Å². The Morgan fingerprint density at radius 1 is 1.39 bits per heavy atom. The lowest BCUT2D eigenvalue weighted by molar-refractivity contribution is 0.182. The number of nitrogens with two attached hydrogens (primary N) is 1. The molecule has 1 unspecified atom stereocenters. The predicted molar refractivity (Wildman–Crippen MR) is 75.0 cm³/mol. The summed E-state index contributed by atoms with van der Waals surface area (Å²) >= 11 is 9.45. The second-order valence-corrected chi connectivity index (χ2v) is 5.19. The topological polar surface area (TPSA) is 48.4 Å². The van der Waals surface area contributed by atoms with Crippen molar-refractivity contribution in [2.24, 2.45) is 5.73 Å². The number of benzene rings is 1. The van der Waals surface area contributed by atoms with Gasteiger partial charge in [-0.1, -0.05) is 27.5 Å². The maximum Gasteiger partial charge on any atom is 0.168 e. The molecule has 2 N–H and O–H groups in total. The average Bonchev–Trinajstić information content (AvgIpc) is 2.77. The van der Waals surface area contributed by atoms with Crippen molar-refractivity contribution >= 4 is 27.5 Å². The molecule has 0 aliphatic rings. The van der Waals surface area contributed by atoms with Gasteiger partial charge in [-0.15, -0.1) is 0 Å². The molecule has 5 heteroatoms. The minimum Gasteiger partial charge on any atom is -0.480 e. The molecule has 2 aromatic rings. The molecule has 1 heterocycles. The molecule has 0 fully saturated rings. The minimum absolute atomic E-state index is 0.315. The highest BCUT2D eigenvalue weighted by Gasteiger charge is 2.17. The normalized spacial score (nSPS) is 12.4. The molecule has 0 saturated carbocycles. The molecule has 0 spiro atoms. The van der Waals surface area contributed by atoms with Crippen LogP contribution in [-0.4, -0.2) is 6.54 Å². The van der Waals surface area contributed by atoms with Crippen molar-refractivity contribution in [3.8, 4) is 5.75 Å². The molecular formula is C13H13BrClNO2. The van der Waals surface area contributed by atoms with Gasteiger partial charge in [-0.25, -0.2) is 0 Å². The van der Waals surface area contributed by atoms with Crippen molar-refractivity contribution < 1.29 is 9.15 Å². The van der Waals surface area contributed by atoms with Crippen molar-refractivity contribution in [3.05, 3.63) is 51.3 Å². The molecule has 2 rings (SSSR count). The molecule has 0 saturated heterocycles. The third-order valence-electron chi connectivity index (χ3n) is 2.46. The van der Waals surface area contributed by atoms with E-state index < -0.39 is 0 Å². The summed E-state index contributed by atoms with van der Waals surface area (Å²) in [5, 5.41) is 0.542. The van der Waals surface area contributed by atoms with E-state index in [1.54, 1.807) is 12.1 Å². The largest absolute Gasteiger partial charge is 0.480 e. The Kier molecular flexibility index (Phi) is 4.32. The van der Waals surface area contributed by atoms with E-state index >= 15 is 0 Å². The summed E-state index contributed by atoms with van der Waals surface area (Å²) in [6, 6.07) is 9.16. The van der Waals surface area contributed by atoms with Gasteiger partial charge in [0.15, 0.2) is 6.10 Å². The van der Waals surface area contributed by atoms with Crippen LogP contribution in [0, 0.1) is 6.92 Å². The quantitative estimate of drug-likeness (QED) is 0.919. The zero-order valence-electron chi connectivity index (χ0n) is 9.82. The van der Waals surface area contributed by atoms with Crippen LogP contribution in [-0.2, 0) is 0 Å². The fourth-order valence-corrected chi connectivity index (χ4v) is 2.07. The third kappa shape index (κ3) is 3.07. The summed E-state index contributed by atoms with van der Waals surface area (Å²) in [5.41, 5.74) is 5.71. The SMILES string of the molecule is Cc1ccc(C(CN)Oc2cc(Br)ccc2Cl)o1. The fourth-order valence-electron chi connectivity index (χ4n) is 1.57. The Morgan fingerprint density at radius 3 is 2.78 bits per heavy atom. The van der Waals surface area contributed by atoms with Gasteiger partial charge in [0, 0.05) is 11.0 Å². The molecule has 96 valence electrons. The zero-order chi connectivity index (χ0) is 13.1. The van der Waals surface area contributed by atoms with Gasteiger partial charge in [0.1, 0.15) is 17.3 Å². The van der Waals surface area contributed by atoms with Crippen molar-refractivity contribution in [2.75, 3.05) is 6.54 Å². The minimum atomic E-state index is -0.342. The first-order chi connectivity index (χ1) is 8.60. The smallest absolute Gasteiger partial charge is 0.168 e. The molecule has 0 aliphatic heterocycles. The Morgan fingerprint density at radius 2 is 2.17 bits per heavy atom. The van der Waals surface area contributed by atoms with Crippen molar-refractivity contribution in [1.82, 2.24) is 0 Å². The molecule has 0 radical (unpaired) electrons. The number of halogens is 2. The Hall–Kier alpha value is -0.970. The molecule has 1 aromatic heterocycles. The number of rotatable bonds is 4. The maximum atomic E-state index is 6.07. The second kappa shape index (κ2) is 5.78. The maximum absolute atomic E-state index is 6.07. The summed E-state index contributed by atoms with van der Waals surface area (Å²) in [4.78, 5) is 0. The Labute approximate surface area is 119 Å². The molecule has 1 atom stereocenters. The highest BCUT2D eigenvalue weighted by molar-refractivity contribution is 9.10. The van der Waals surface area contributed by atoms with E-state index in [2.05, 4.69) is 15.9 Å². The zero-order valence-corrected chi connectivity index (χ0v) is 12.2. The van der Waals surface area contributed by atoms with Crippen LogP contribution in [0.4, 0.5) is 0 Å². The van der Waals surface area contributed by atoms with E-state index in [0.717, 1.165) is 10.2 Å². The number of aryl methyl sites for hydroxylation is 1. The highest BCUT2D eigenvalue weighted by Crippen LogP contribution is 2.31. The second-order valence-electron chi connectivity index (χ2n) is 3.87. The number of hydrogen-bond donors (Lipinski definition) is 1. The van der Waals surface area contributed by atoms with Crippen molar-refractivity contribution in [2.45, 2.75) is 13.0 Å². The van der Waals surface area contributed by atoms with Crippen molar-refractivity contribution in [1.29, 1.82) is 0 Å². The number of furan rings is 1. The molecule has 3 nitrogen and oxygen atoms in total. The van der Waals surface area contributed by atoms with Gasteiger partial charge >= 0.3 is 0 Å². The molecule has 18 heavy (non-hydrogen) atoms. The molecule has 0 amide bonds. The first-order valence-corrected chi connectivity index (χ1v) is 6.65. The van der Waals surface area contributed by atoms with Crippen LogP contribution >= 0.6 is 27.5 Å². The Bertz CT molecular complexity index is 542. The van der Waals surface area contributed by atoms with E-state index in [4.69, 9.17) is 26.5 Å². The lowest BCUT2D eigenvalue weighted by atomic mass is 10.2. The number of hydrogen-bond acceptors (Lipinski definition) is 3. The van der Waals surface area contributed by atoms with E-state index in [0.29, 0.717) is 23.1 Å². The van der Waals surface area contributed by atoms with E-state index in [1.807, 2.05) is 25.1 Å². The molecule has 0 aliphatic carbocycles. The summed E-state index contributed by atoms with van der Waals surface area (Å²) < 4.78 is 12.2. The third-order valence-corrected chi connectivity index (χ3v) is 3.26. The van der Waals surface area contributed by atoms with E-state index in [9.17, 15) is 0 Å². The van der Waals surface area contributed by atoms with Crippen LogP contribution in [0.2, 0.25) is 5.02 Å². The summed E-state index contributed by atoms with van der Waals surface area (Å²) in [6.07, 6.45) is -0.342. The molecule has 0 bridgehead atoms. The van der Waals surface area contributed by atoms with Crippen LogP contribution in [0.15, 0.2) is 39.2 Å². The van der Waals surface area contributed by atoms with Gasteiger partial charge in [0.25, 0.3) is 0 Å². The van der Waals surface area contributed by atoms with Crippen molar-refractivity contribution in [3.63, 3.8) is 0 Å². The van der Waals surface area contributed by atoms with Gasteiger partial charge in [0.2, 0.25) is 0 Å². The predicted octanol–water partition coefficient (Wildman–Crippen LogP) is 4.08.